The quantitative estimate of drug-likeness (QED) is 0.392. The largest absolute Gasteiger partial charge is 0.481 e. The number of hydrogen-bond donors (Lipinski definition) is 3. The van der Waals surface area contributed by atoms with Crippen molar-refractivity contribution in [2.45, 2.75) is 18.9 Å². The first-order chi connectivity index (χ1) is 8.91. The highest BCUT2D eigenvalue weighted by atomic mass is 16.6. The number of anilines is 1. The second kappa shape index (κ2) is 6.50. The Morgan fingerprint density at radius 2 is 1.89 bits per heavy atom. The number of hydrogen-bond acceptors (Lipinski definition) is 6. The van der Waals surface area contributed by atoms with Gasteiger partial charge >= 0.3 is 17.9 Å². The van der Waals surface area contributed by atoms with Gasteiger partial charge in [0, 0.05) is 12.1 Å². The molecule has 102 valence electrons. The van der Waals surface area contributed by atoms with Gasteiger partial charge in [0.2, 0.25) is 0 Å². The summed E-state index contributed by atoms with van der Waals surface area (Å²) in [5.74, 6) is -2.97. The van der Waals surface area contributed by atoms with Crippen LogP contribution in [0.3, 0.4) is 0 Å². The van der Waals surface area contributed by atoms with E-state index in [1.807, 2.05) is 0 Å². The zero-order valence-corrected chi connectivity index (χ0v) is 10.0. The summed E-state index contributed by atoms with van der Waals surface area (Å²) in [7, 11) is 0. The normalized spacial score (nSPS) is 11.6. The lowest BCUT2D eigenvalue weighted by molar-refractivity contribution is -0.140. The maximum Gasteiger partial charge on any atom is 0.347 e. The maximum atomic E-state index is 11.6. The van der Waals surface area contributed by atoms with Crippen molar-refractivity contribution in [1.82, 2.24) is 0 Å². The Hall–Kier alpha value is -2.41. The number of aliphatic carboxylic acids is 1. The molecule has 0 saturated carbocycles. The number of ether oxygens (including phenoxy) is 1. The molecule has 0 aliphatic heterocycles. The summed E-state index contributed by atoms with van der Waals surface area (Å²) in [6.07, 6.45) is -0.385. The lowest BCUT2D eigenvalue weighted by atomic mass is 10.1. The summed E-state index contributed by atoms with van der Waals surface area (Å²) < 4.78 is 4.54. The van der Waals surface area contributed by atoms with Gasteiger partial charge in [0.15, 0.2) is 0 Å². The Labute approximate surface area is 109 Å². The fraction of sp³-hybridized carbons (Fsp3) is 0.250. The third-order valence-corrected chi connectivity index (χ3v) is 2.35. The lowest BCUT2D eigenvalue weighted by Gasteiger charge is -2.09. The molecule has 7 heteroatoms. The number of nitrogen functional groups attached to an aromatic ring is 1. The minimum Gasteiger partial charge on any atom is -0.481 e. The molecule has 1 aromatic carbocycles. The molecule has 1 rings (SSSR count). The summed E-state index contributed by atoms with van der Waals surface area (Å²) in [5.41, 5.74) is 11.2. The van der Waals surface area contributed by atoms with E-state index >= 15 is 0 Å². The van der Waals surface area contributed by atoms with Crippen LogP contribution in [0.15, 0.2) is 24.3 Å². The Kier molecular flexibility index (Phi) is 5.01. The summed E-state index contributed by atoms with van der Waals surface area (Å²) in [4.78, 5) is 33.4. The van der Waals surface area contributed by atoms with Gasteiger partial charge in [0.05, 0.1) is 5.56 Å². The molecule has 0 spiro atoms. The number of carbonyl (C=O) groups is 3. The highest BCUT2D eigenvalue weighted by Gasteiger charge is 2.21. The zero-order valence-electron chi connectivity index (χ0n) is 10.0. The van der Waals surface area contributed by atoms with Crippen LogP contribution in [0.4, 0.5) is 5.69 Å². The zero-order chi connectivity index (χ0) is 14.4. The van der Waals surface area contributed by atoms with Crippen LogP contribution in [0, 0.1) is 0 Å². The molecule has 0 aromatic heterocycles. The van der Waals surface area contributed by atoms with E-state index in [2.05, 4.69) is 4.74 Å². The highest BCUT2D eigenvalue weighted by Crippen LogP contribution is 2.12. The number of carboxylic acids is 1. The van der Waals surface area contributed by atoms with Crippen LogP contribution in [0.5, 0.6) is 0 Å². The van der Waals surface area contributed by atoms with E-state index in [0.29, 0.717) is 0 Å². The molecular formula is C12H14N2O5. The van der Waals surface area contributed by atoms with Gasteiger partial charge in [0.25, 0.3) is 0 Å². The van der Waals surface area contributed by atoms with Gasteiger partial charge < -0.3 is 21.3 Å². The van der Waals surface area contributed by atoms with E-state index in [1.165, 1.54) is 12.1 Å². The minimum atomic E-state index is -1.16. The molecule has 1 aromatic rings. The summed E-state index contributed by atoms with van der Waals surface area (Å²) in [6.45, 7) is 0. The smallest absolute Gasteiger partial charge is 0.347 e. The molecule has 19 heavy (non-hydrogen) atoms. The lowest BCUT2D eigenvalue weighted by Crippen LogP contribution is -2.34. The van der Waals surface area contributed by atoms with Crippen molar-refractivity contribution in [2.75, 3.05) is 5.73 Å². The predicted octanol–water partition coefficient (Wildman–Crippen LogP) is 0.144. The molecule has 0 amide bonds. The fourth-order valence-electron chi connectivity index (χ4n) is 1.30. The molecular weight excluding hydrogens is 252 g/mol. The Morgan fingerprint density at radius 1 is 1.26 bits per heavy atom. The standard InChI is InChI=1S/C12H14N2O5/c13-8-4-2-1-3-7(8)11(17)19-12(18)9(14)5-6-10(15)16/h1-4,9H,5-6,13-14H2,(H,15,16). The van der Waals surface area contributed by atoms with Crippen molar-refractivity contribution >= 4 is 23.6 Å². The van der Waals surface area contributed by atoms with E-state index < -0.39 is 23.9 Å². The van der Waals surface area contributed by atoms with Crippen LogP contribution in [0.1, 0.15) is 23.2 Å². The first kappa shape index (κ1) is 14.7. The second-order valence-electron chi connectivity index (χ2n) is 3.83. The molecule has 7 nitrogen and oxygen atoms in total. The molecule has 0 heterocycles. The van der Waals surface area contributed by atoms with Crippen molar-refractivity contribution in [1.29, 1.82) is 0 Å². The van der Waals surface area contributed by atoms with Gasteiger partial charge in [0.1, 0.15) is 6.04 Å². The van der Waals surface area contributed by atoms with Crippen molar-refractivity contribution in [3.05, 3.63) is 29.8 Å². The topological polar surface area (TPSA) is 133 Å². The molecule has 1 atom stereocenters. The molecule has 0 fully saturated rings. The molecule has 1 unspecified atom stereocenters. The molecule has 0 saturated heterocycles. The minimum absolute atomic E-state index is 0.0567. The van der Waals surface area contributed by atoms with E-state index in [9.17, 15) is 14.4 Å². The van der Waals surface area contributed by atoms with Crippen molar-refractivity contribution < 1.29 is 24.2 Å². The van der Waals surface area contributed by atoms with Crippen molar-refractivity contribution in [3.63, 3.8) is 0 Å². The first-order valence-corrected chi connectivity index (χ1v) is 5.49. The van der Waals surface area contributed by atoms with E-state index in [4.69, 9.17) is 16.6 Å². The van der Waals surface area contributed by atoms with Crippen LogP contribution in [-0.4, -0.2) is 29.1 Å². The highest BCUT2D eigenvalue weighted by molar-refractivity contribution is 6.01. The summed E-state index contributed by atoms with van der Waals surface area (Å²) in [6, 6.07) is 4.94. The Morgan fingerprint density at radius 3 is 2.47 bits per heavy atom. The third kappa shape index (κ3) is 4.40. The number of esters is 2. The third-order valence-electron chi connectivity index (χ3n) is 2.35. The fourth-order valence-corrected chi connectivity index (χ4v) is 1.30. The average Bonchev–Trinajstić information content (AvgIpc) is 2.36. The average molecular weight is 266 g/mol. The maximum absolute atomic E-state index is 11.6. The van der Waals surface area contributed by atoms with Crippen molar-refractivity contribution in [2.24, 2.45) is 5.73 Å². The van der Waals surface area contributed by atoms with E-state index in [1.54, 1.807) is 12.1 Å². The van der Waals surface area contributed by atoms with Gasteiger partial charge in [-0.2, -0.15) is 0 Å². The number of nitrogens with two attached hydrogens (primary N) is 2. The molecule has 0 bridgehead atoms. The predicted molar refractivity (Wildman–Crippen MR) is 66.1 cm³/mol. The number of rotatable bonds is 5. The van der Waals surface area contributed by atoms with Crippen LogP contribution in [-0.2, 0) is 14.3 Å². The first-order valence-electron chi connectivity index (χ1n) is 5.49. The van der Waals surface area contributed by atoms with Gasteiger partial charge in [-0.25, -0.2) is 9.59 Å². The van der Waals surface area contributed by atoms with Crippen LogP contribution >= 0.6 is 0 Å². The molecule has 0 aliphatic carbocycles. The summed E-state index contributed by atoms with van der Waals surface area (Å²) >= 11 is 0. The SMILES string of the molecule is Nc1ccccc1C(=O)OC(=O)C(N)CCC(=O)O. The number of carboxylic acid groups (broad SMARTS) is 1. The molecule has 5 N–H and O–H groups in total. The Balaban J connectivity index is 2.59. The monoisotopic (exact) mass is 266 g/mol. The van der Waals surface area contributed by atoms with Crippen LogP contribution in [0.25, 0.3) is 0 Å². The summed E-state index contributed by atoms with van der Waals surface area (Å²) in [5, 5.41) is 8.45. The number of benzene rings is 1. The van der Waals surface area contributed by atoms with E-state index in [-0.39, 0.29) is 24.1 Å². The van der Waals surface area contributed by atoms with Gasteiger partial charge in [-0.1, -0.05) is 12.1 Å². The number of para-hydroxylation sites is 1. The molecule has 0 aliphatic rings. The van der Waals surface area contributed by atoms with Crippen LogP contribution in [0.2, 0.25) is 0 Å². The molecule has 0 radical (unpaired) electrons. The van der Waals surface area contributed by atoms with Gasteiger partial charge in [-0.3, -0.25) is 4.79 Å². The van der Waals surface area contributed by atoms with Gasteiger partial charge in [-0.15, -0.1) is 0 Å². The van der Waals surface area contributed by atoms with Crippen molar-refractivity contribution in [3.8, 4) is 0 Å². The number of carbonyl (C=O) groups excluding carboxylic acids is 2. The second-order valence-corrected chi connectivity index (χ2v) is 3.83. The van der Waals surface area contributed by atoms with Gasteiger partial charge in [-0.05, 0) is 18.6 Å². The van der Waals surface area contributed by atoms with Crippen LogP contribution < -0.4 is 11.5 Å². The van der Waals surface area contributed by atoms with E-state index in [0.717, 1.165) is 0 Å². The Bertz CT molecular complexity index is 501.